The highest BCUT2D eigenvalue weighted by atomic mass is 16.4. The molecule has 0 fully saturated rings. The van der Waals surface area contributed by atoms with Crippen LogP contribution in [0.4, 0.5) is 0 Å². The number of carbonyl (C=O) groups is 2. The molecule has 0 aliphatic heterocycles. The second-order valence-electron chi connectivity index (χ2n) is 4.22. The van der Waals surface area contributed by atoms with E-state index in [1.54, 1.807) is 0 Å². The summed E-state index contributed by atoms with van der Waals surface area (Å²) in [5.41, 5.74) is -1.15. The lowest BCUT2D eigenvalue weighted by atomic mass is 10.0. The van der Waals surface area contributed by atoms with Gasteiger partial charge in [-0.15, -0.1) is 5.10 Å². The van der Waals surface area contributed by atoms with Gasteiger partial charge >= 0.3 is 11.9 Å². The molecule has 7 heteroatoms. The highest BCUT2D eigenvalue weighted by molar-refractivity contribution is 5.86. The Bertz CT molecular complexity index is 450. The predicted octanol–water partition coefficient (Wildman–Crippen LogP) is 0.749. The van der Waals surface area contributed by atoms with Crippen LogP contribution in [0.3, 0.4) is 0 Å². The van der Waals surface area contributed by atoms with Crippen LogP contribution >= 0.6 is 0 Å². The Balaban J connectivity index is 3.34. The summed E-state index contributed by atoms with van der Waals surface area (Å²) in [6, 6.07) is 0. The summed E-state index contributed by atoms with van der Waals surface area (Å²) in [7, 11) is 0. The van der Waals surface area contributed by atoms with E-state index in [0.717, 1.165) is 0 Å². The van der Waals surface area contributed by atoms with Gasteiger partial charge in [0.2, 0.25) is 0 Å². The van der Waals surface area contributed by atoms with Gasteiger partial charge in [-0.05, 0) is 20.3 Å². The van der Waals surface area contributed by atoms with E-state index < -0.39 is 17.5 Å². The van der Waals surface area contributed by atoms with Crippen molar-refractivity contribution in [3.05, 3.63) is 11.4 Å². The fourth-order valence-electron chi connectivity index (χ4n) is 1.47. The molecule has 17 heavy (non-hydrogen) atoms. The number of nitrogens with zero attached hydrogens (tertiary/aromatic N) is 3. The van der Waals surface area contributed by atoms with Crippen LogP contribution in [0.1, 0.15) is 43.4 Å². The second-order valence-corrected chi connectivity index (χ2v) is 4.22. The van der Waals surface area contributed by atoms with Crippen LogP contribution < -0.4 is 0 Å². The zero-order valence-corrected chi connectivity index (χ0v) is 9.97. The molecule has 0 radical (unpaired) electrons. The average Bonchev–Trinajstić information content (AvgIpc) is 2.62. The van der Waals surface area contributed by atoms with Gasteiger partial charge in [0, 0.05) is 0 Å². The van der Waals surface area contributed by atoms with Crippen molar-refractivity contribution in [3.63, 3.8) is 0 Å². The van der Waals surface area contributed by atoms with Gasteiger partial charge in [0.05, 0.1) is 5.69 Å². The molecule has 94 valence electrons. The molecule has 0 bridgehead atoms. The third-order valence-electron chi connectivity index (χ3n) is 2.51. The first-order valence-electron chi connectivity index (χ1n) is 5.24. The van der Waals surface area contributed by atoms with Gasteiger partial charge in [0.25, 0.3) is 0 Å². The summed E-state index contributed by atoms with van der Waals surface area (Å²) in [6.45, 7) is 4.78. The van der Waals surface area contributed by atoms with E-state index in [2.05, 4.69) is 10.3 Å². The summed E-state index contributed by atoms with van der Waals surface area (Å²) >= 11 is 0. The van der Waals surface area contributed by atoms with Crippen molar-refractivity contribution in [1.82, 2.24) is 15.0 Å². The Labute approximate surface area is 98.1 Å². The topological polar surface area (TPSA) is 105 Å². The molecule has 0 amide bonds. The van der Waals surface area contributed by atoms with E-state index in [0.29, 0.717) is 18.5 Å². The van der Waals surface area contributed by atoms with Crippen LogP contribution in [0.25, 0.3) is 0 Å². The van der Waals surface area contributed by atoms with Gasteiger partial charge in [-0.1, -0.05) is 18.6 Å². The number of carboxylic acids is 2. The number of aromatic carboxylic acids is 1. The first kappa shape index (κ1) is 13.1. The maximum Gasteiger partial charge on any atom is 0.358 e. The molecule has 0 aromatic carbocycles. The third-order valence-corrected chi connectivity index (χ3v) is 2.51. The van der Waals surface area contributed by atoms with Crippen LogP contribution in [0, 0.1) is 0 Å². The Morgan fingerprint density at radius 1 is 1.35 bits per heavy atom. The van der Waals surface area contributed by atoms with Crippen molar-refractivity contribution < 1.29 is 19.8 Å². The molecular weight excluding hydrogens is 226 g/mol. The maximum atomic E-state index is 11.1. The van der Waals surface area contributed by atoms with Gasteiger partial charge in [-0.2, -0.15) is 0 Å². The Hall–Kier alpha value is -1.92. The predicted molar refractivity (Wildman–Crippen MR) is 57.9 cm³/mol. The maximum absolute atomic E-state index is 11.1. The number of aliphatic carboxylic acids is 1. The lowest BCUT2D eigenvalue weighted by Crippen LogP contribution is -2.38. The van der Waals surface area contributed by atoms with Crippen molar-refractivity contribution >= 4 is 11.9 Å². The molecule has 1 rings (SSSR count). The summed E-state index contributed by atoms with van der Waals surface area (Å²) < 4.78 is 1.17. The van der Waals surface area contributed by atoms with Gasteiger partial charge < -0.3 is 10.2 Å². The van der Waals surface area contributed by atoms with E-state index in [1.165, 1.54) is 18.5 Å². The van der Waals surface area contributed by atoms with Gasteiger partial charge in [0.1, 0.15) is 0 Å². The summed E-state index contributed by atoms with van der Waals surface area (Å²) in [4.78, 5) is 22.1. The Kier molecular flexibility index (Phi) is 3.50. The first-order valence-corrected chi connectivity index (χ1v) is 5.24. The molecule has 0 unspecified atom stereocenters. The van der Waals surface area contributed by atoms with Gasteiger partial charge in [-0.25, -0.2) is 14.3 Å². The van der Waals surface area contributed by atoms with Crippen molar-refractivity contribution in [2.75, 3.05) is 0 Å². The van der Waals surface area contributed by atoms with Crippen molar-refractivity contribution in [2.24, 2.45) is 0 Å². The minimum atomic E-state index is -1.31. The highest BCUT2D eigenvalue weighted by Crippen LogP contribution is 2.20. The fraction of sp³-hybridized carbons (Fsp3) is 0.600. The molecular formula is C10H15N3O4. The lowest BCUT2D eigenvalue weighted by Gasteiger charge is -2.21. The summed E-state index contributed by atoms with van der Waals surface area (Å²) in [5.74, 6) is -2.28. The number of aromatic nitrogens is 3. The highest BCUT2D eigenvalue weighted by Gasteiger charge is 2.34. The fourth-order valence-corrected chi connectivity index (χ4v) is 1.47. The van der Waals surface area contributed by atoms with Crippen LogP contribution in [-0.4, -0.2) is 37.1 Å². The summed E-state index contributed by atoms with van der Waals surface area (Å²) in [6.07, 6.45) is 1.11. The number of rotatable bonds is 5. The van der Waals surface area contributed by atoms with Crippen molar-refractivity contribution in [2.45, 2.75) is 39.2 Å². The third kappa shape index (κ3) is 2.27. The van der Waals surface area contributed by atoms with E-state index >= 15 is 0 Å². The molecule has 0 aliphatic rings. The number of hydrogen-bond acceptors (Lipinski definition) is 4. The van der Waals surface area contributed by atoms with Crippen LogP contribution in [0.15, 0.2) is 0 Å². The van der Waals surface area contributed by atoms with E-state index in [-0.39, 0.29) is 5.69 Å². The molecule has 7 nitrogen and oxygen atoms in total. The average molecular weight is 241 g/mol. The van der Waals surface area contributed by atoms with E-state index in [1.807, 2.05) is 6.92 Å². The van der Waals surface area contributed by atoms with Crippen LogP contribution in [0.5, 0.6) is 0 Å². The largest absolute Gasteiger partial charge is 0.479 e. The monoisotopic (exact) mass is 241 g/mol. The Morgan fingerprint density at radius 3 is 2.35 bits per heavy atom. The lowest BCUT2D eigenvalue weighted by molar-refractivity contribution is -0.146. The number of carboxylic acid groups (broad SMARTS) is 2. The molecule has 1 heterocycles. The van der Waals surface area contributed by atoms with Crippen molar-refractivity contribution in [3.8, 4) is 0 Å². The van der Waals surface area contributed by atoms with E-state index in [9.17, 15) is 9.59 Å². The molecule has 1 aromatic heterocycles. The molecule has 0 aliphatic carbocycles. The summed E-state index contributed by atoms with van der Waals surface area (Å²) in [5, 5.41) is 25.2. The zero-order valence-electron chi connectivity index (χ0n) is 9.97. The van der Waals surface area contributed by atoms with Crippen LogP contribution in [-0.2, 0) is 16.8 Å². The van der Waals surface area contributed by atoms with E-state index in [4.69, 9.17) is 10.2 Å². The van der Waals surface area contributed by atoms with Crippen LogP contribution in [0.2, 0.25) is 0 Å². The smallest absolute Gasteiger partial charge is 0.358 e. The first-order chi connectivity index (χ1) is 7.82. The Morgan fingerprint density at radius 2 is 1.94 bits per heavy atom. The van der Waals surface area contributed by atoms with Crippen molar-refractivity contribution in [1.29, 1.82) is 0 Å². The number of hydrogen-bond donors (Lipinski definition) is 2. The minimum Gasteiger partial charge on any atom is -0.479 e. The molecule has 0 spiro atoms. The molecule has 0 saturated carbocycles. The SMILES string of the molecule is CCCc1c(C(=O)O)nnn1C(C)(C)C(=O)O. The molecule has 0 saturated heterocycles. The molecule has 0 atom stereocenters. The quantitative estimate of drug-likeness (QED) is 0.787. The normalized spacial score (nSPS) is 11.5. The van der Waals surface area contributed by atoms with Gasteiger partial charge in [0.15, 0.2) is 11.2 Å². The van der Waals surface area contributed by atoms with Gasteiger partial charge in [-0.3, -0.25) is 0 Å². The minimum absolute atomic E-state index is 0.179. The zero-order chi connectivity index (χ0) is 13.2. The molecule has 2 N–H and O–H groups in total. The standard InChI is InChI=1S/C10H15N3O4/c1-4-5-6-7(8(14)15)11-12-13(6)10(2,3)9(16)17/h4-5H2,1-3H3,(H,14,15)(H,16,17). The molecule has 1 aromatic rings. The second kappa shape index (κ2) is 4.52.